The Hall–Kier alpha value is -2.87. The molecular formula is C33H56N2O11S. The Kier molecular flexibility index (Phi) is 21.0. The van der Waals surface area contributed by atoms with Crippen LogP contribution >= 0.6 is 11.8 Å². The van der Waals surface area contributed by atoms with Crippen molar-refractivity contribution in [3.05, 3.63) is 0 Å². The Morgan fingerprint density at radius 2 is 1.21 bits per heavy atom. The van der Waals surface area contributed by atoms with E-state index < -0.39 is 72.2 Å². The predicted molar refractivity (Wildman–Crippen MR) is 176 cm³/mol. The number of carbonyl (C=O) groups is 6. The molecule has 270 valence electrons. The summed E-state index contributed by atoms with van der Waals surface area (Å²) >= 11 is 1.09. The van der Waals surface area contributed by atoms with Crippen LogP contribution in [0.25, 0.3) is 0 Å². The lowest BCUT2D eigenvalue weighted by Gasteiger charge is -2.38. The van der Waals surface area contributed by atoms with Crippen LogP contribution in [0.5, 0.6) is 0 Å². The van der Waals surface area contributed by atoms with Crippen LogP contribution in [0.1, 0.15) is 119 Å². The first-order valence-corrected chi connectivity index (χ1v) is 17.9. The van der Waals surface area contributed by atoms with Crippen molar-refractivity contribution in [2.75, 3.05) is 18.9 Å². The van der Waals surface area contributed by atoms with Crippen LogP contribution in [-0.4, -0.2) is 100 Å². The summed E-state index contributed by atoms with van der Waals surface area (Å²) in [5.41, 5.74) is 0. The number of aliphatic hydroxyl groups is 1. The van der Waals surface area contributed by atoms with Gasteiger partial charge in [-0.3, -0.25) is 28.8 Å². The number of rotatable bonds is 23. The molecule has 0 aromatic heterocycles. The summed E-state index contributed by atoms with van der Waals surface area (Å²) in [5.74, 6) is -4.01. The zero-order valence-corrected chi connectivity index (χ0v) is 29.8. The minimum Gasteiger partial charge on any atom is -0.462 e. The average Bonchev–Trinajstić information content (AvgIpc) is 3.44. The van der Waals surface area contributed by atoms with Crippen molar-refractivity contribution in [2.45, 2.75) is 154 Å². The molecule has 6 atom stereocenters. The lowest BCUT2D eigenvalue weighted by Crippen LogP contribution is -2.58. The Bertz CT molecular complexity index is 1010. The van der Waals surface area contributed by atoms with Gasteiger partial charge in [0.25, 0.3) is 0 Å². The van der Waals surface area contributed by atoms with Crippen LogP contribution in [0.2, 0.25) is 0 Å². The summed E-state index contributed by atoms with van der Waals surface area (Å²) in [6.07, 6.45) is 7.87. The van der Waals surface area contributed by atoms with E-state index in [1.54, 1.807) is 0 Å². The van der Waals surface area contributed by atoms with Gasteiger partial charge in [0.05, 0.1) is 0 Å². The van der Waals surface area contributed by atoms with E-state index >= 15 is 0 Å². The number of nitrogens with zero attached hydrogens (tertiary/aromatic N) is 1. The van der Waals surface area contributed by atoms with Gasteiger partial charge in [0.1, 0.15) is 24.1 Å². The lowest BCUT2D eigenvalue weighted by atomic mass is 10.0. The highest BCUT2D eigenvalue weighted by Gasteiger charge is 2.50. The van der Waals surface area contributed by atoms with Gasteiger partial charge in [-0.25, -0.2) is 0 Å². The highest BCUT2D eigenvalue weighted by Crippen LogP contribution is 2.35. The smallest absolute Gasteiger partial charge is 0.303 e. The molecule has 47 heavy (non-hydrogen) atoms. The molecule has 2 amide bonds. The molecule has 2 unspecified atom stereocenters. The molecule has 1 aliphatic rings. The third kappa shape index (κ3) is 16.7. The zero-order valence-electron chi connectivity index (χ0n) is 29.0. The van der Waals surface area contributed by atoms with Gasteiger partial charge >= 0.3 is 23.9 Å². The van der Waals surface area contributed by atoms with Crippen molar-refractivity contribution in [3.8, 4) is 0 Å². The summed E-state index contributed by atoms with van der Waals surface area (Å²) in [6.45, 7) is 7.67. The van der Waals surface area contributed by atoms with E-state index in [4.69, 9.17) is 18.9 Å². The fourth-order valence-electron chi connectivity index (χ4n) is 5.53. The summed E-state index contributed by atoms with van der Waals surface area (Å²) in [6, 6.07) is -0.912. The molecule has 1 saturated heterocycles. The molecule has 0 aromatic carbocycles. The largest absolute Gasteiger partial charge is 0.462 e. The lowest BCUT2D eigenvalue weighted by molar-refractivity contribution is -0.200. The van der Waals surface area contributed by atoms with Gasteiger partial charge in [-0.1, -0.05) is 77.6 Å². The quantitative estimate of drug-likeness (QED) is 0.0904. The molecule has 13 nitrogen and oxygen atoms in total. The molecule has 1 heterocycles. The van der Waals surface area contributed by atoms with E-state index in [2.05, 4.69) is 12.2 Å². The molecule has 1 fully saturated rings. The molecule has 0 bridgehead atoms. The van der Waals surface area contributed by atoms with Crippen LogP contribution in [0.15, 0.2) is 0 Å². The Labute approximate surface area is 283 Å². The van der Waals surface area contributed by atoms with Gasteiger partial charge in [0.2, 0.25) is 11.8 Å². The molecule has 0 saturated carbocycles. The van der Waals surface area contributed by atoms with Crippen molar-refractivity contribution < 1.29 is 52.8 Å². The molecule has 0 radical (unpaired) electrons. The molecule has 1 rings (SSSR count). The predicted octanol–water partition coefficient (Wildman–Crippen LogP) is 3.81. The third-order valence-corrected chi connectivity index (χ3v) is 9.08. The van der Waals surface area contributed by atoms with Gasteiger partial charge in [0.15, 0.2) is 18.3 Å². The van der Waals surface area contributed by atoms with Crippen molar-refractivity contribution in [1.82, 2.24) is 10.2 Å². The third-order valence-electron chi connectivity index (χ3n) is 7.72. The first-order chi connectivity index (χ1) is 22.3. The van der Waals surface area contributed by atoms with Gasteiger partial charge in [0, 0.05) is 46.9 Å². The maximum absolute atomic E-state index is 13.2. The maximum Gasteiger partial charge on any atom is 0.303 e. The molecule has 1 aliphatic heterocycles. The molecule has 0 aliphatic carbocycles. The number of esters is 4. The van der Waals surface area contributed by atoms with Crippen molar-refractivity contribution >= 4 is 47.5 Å². The van der Waals surface area contributed by atoms with E-state index in [1.165, 1.54) is 63.2 Å². The van der Waals surface area contributed by atoms with E-state index in [1.807, 2.05) is 0 Å². The molecular weight excluding hydrogens is 632 g/mol. The van der Waals surface area contributed by atoms with E-state index in [-0.39, 0.29) is 11.7 Å². The summed E-state index contributed by atoms with van der Waals surface area (Å²) in [4.78, 5) is 74.8. The topological polar surface area (TPSA) is 175 Å². The fraction of sp³-hybridized carbons (Fsp3) is 0.818. The number of ether oxygens (including phenoxy) is 4. The minimum absolute atomic E-state index is 0.150. The molecule has 0 spiro atoms. The van der Waals surface area contributed by atoms with Crippen LogP contribution in [0, 0.1) is 0 Å². The monoisotopic (exact) mass is 688 g/mol. The van der Waals surface area contributed by atoms with Crippen LogP contribution in [-0.2, 0) is 47.7 Å². The molecule has 0 aromatic rings. The number of carbonyl (C=O) groups excluding carboxylic acids is 6. The second-order valence-electron chi connectivity index (χ2n) is 11.9. The van der Waals surface area contributed by atoms with Crippen molar-refractivity contribution in [1.29, 1.82) is 0 Å². The van der Waals surface area contributed by atoms with Crippen molar-refractivity contribution in [3.63, 3.8) is 0 Å². The van der Waals surface area contributed by atoms with E-state index in [0.717, 1.165) is 65.1 Å². The van der Waals surface area contributed by atoms with Crippen molar-refractivity contribution in [2.24, 2.45) is 0 Å². The SMILES string of the molecule is CCCCCCCCCCCCCCNC(=O)C1CSC([C@H](O)[C@@H](OC(C)=O)[C@@H](OC(C)=O)[C@@H](COC(C)=O)OC(C)=O)N1C(C)=O. The fourth-order valence-corrected chi connectivity index (χ4v) is 7.03. The molecule has 14 heteroatoms. The second kappa shape index (κ2) is 23.5. The number of unbranched alkanes of at least 4 members (excludes halogenated alkanes) is 11. The highest BCUT2D eigenvalue weighted by atomic mass is 32.2. The number of amides is 2. The number of thioether (sulfide) groups is 1. The number of hydrogen-bond acceptors (Lipinski definition) is 12. The van der Waals surface area contributed by atoms with Gasteiger partial charge in [-0.15, -0.1) is 11.8 Å². The zero-order chi connectivity index (χ0) is 35.4. The number of nitrogens with one attached hydrogen (secondary N) is 1. The van der Waals surface area contributed by atoms with Gasteiger partial charge < -0.3 is 34.3 Å². The van der Waals surface area contributed by atoms with E-state index in [9.17, 15) is 33.9 Å². The summed E-state index contributed by atoms with van der Waals surface area (Å²) in [7, 11) is 0. The Morgan fingerprint density at radius 1 is 0.723 bits per heavy atom. The average molecular weight is 689 g/mol. The number of aliphatic hydroxyl groups excluding tert-OH is 1. The van der Waals surface area contributed by atoms with Crippen LogP contribution in [0.3, 0.4) is 0 Å². The van der Waals surface area contributed by atoms with Crippen LogP contribution < -0.4 is 5.32 Å². The first kappa shape index (κ1) is 42.2. The second-order valence-corrected chi connectivity index (χ2v) is 13.1. The Balaban J connectivity index is 2.87. The van der Waals surface area contributed by atoms with Crippen LogP contribution in [0.4, 0.5) is 0 Å². The van der Waals surface area contributed by atoms with E-state index in [0.29, 0.717) is 6.54 Å². The Morgan fingerprint density at radius 3 is 1.68 bits per heavy atom. The maximum atomic E-state index is 13.2. The normalized spacial score (nSPS) is 18.4. The molecule has 2 N–H and O–H groups in total. The standard InChI is InChI=1S/C33H56N2O11S/c1-7-8-9-10-11-12-13-14-15-16-17-18-19-34-32(42)27-21-47-33(35(27)22(2)36)29(41)31(46-26(6)40)30(45-25(5)39)28(44-24(4)38)20-43-23(3)37/h27-31,33,41H,7-21H2,1-6H3,(H,34,42)/t27?,28-,29-,30+,31-,33?/m1/s1. The first-order valence-electron chi connectivity index (χ1n) is 16.8. The number of hydrogen-bond donors (Lipinski definition) is 2. The van der Waals surface area contributed by atoms with Gasteiger partial charge in [-0.05, 0) is 6.42 Å². The summed E-state index contributed by atoms with van der Waals surface area (Å²) in [5, 5.41) is 13.4. The van der Waals surface area contributed by atoms with Gasteiger partial charge in [-0.2, -0.15) is 0 Å². The minimum atomic E-state index is -1.71. The highest BCUT2D eigenvalue weighted by molar-refractivity contribution is 8.00. The summed E-state index contributed by atoms with van der Waals surface area (Å²) < 4.78 is 21.0.